The molecule has 1 nitrogen and oxygen atoms in total. The molecule has 2 aliphatic heterocycles. The Morgan fingerprint density at radius 3 is 2.75 bits per heavy atom. The molecule has 0 spiro atoms. The lowest BCUT2D eigenvalue weighted by atomic mass is 9.97. The van der Waals surface area contributed by atoms with Gasteiger partial charge in [0.15, 0.2) is 0 Å². The van der Waals surface area contributed by atoms with Gasteiger partial charge in [0.2, 0.25) is 0 Å². The molecule has 8 heavy (non-hydrogen) atoms. The van der Waals surface area contributed by atoms with Gasteiger partial charge in [-0.1, -0.05) is 12.2 Å². The highest BCUT2D eigenvalue weighted by Gasteiger charge is 2.37. The summed E-state index contributed by atoms with van der Waals surface area (Å²) in [5.74, 6) is 0. The third-order valence-corrected chi connectivity index (χ3v) is 2.01. The van der Waals surface area contributed by atoms with Crippen molar-refractivity contribution in [2.75, 3.05) is 0 Å². The molecule has 2 unspecified atom stereocenters. The summed E-state index contributed by atoms with van der Waals surface area (Å²) in [4.78, 5) is 0. The molecule has 2 bridgehead atoms. The molecule has 0 N–H and O–H groups in total. The normalized spacial score (nSPS) is 50.9. The highest BCUT2D eigenvalue weighted by Crippen LogP contribution is 2.37. The highest BCUT2D eigenvalue weighted by molar-refractivity contribution is 5.14. The predicted molar refractivity (Wildman–Crippen MR) is 31.7 cm³/mol. The molecule has 44 valence electrons. The molecule has 1 fully saturated rings. The quantitative estimate of drug-likeness (QED) is 0.429. The molecule has 0 aromatic rings. The summed E-state index contributed by atoms with van der Waals surface area (Å²) in [6.45, 7) is 2.15. The van der Waals surface area contributed by atoms with Crippen molar-refractivity contribution in [2.45, 2.75) is 31.5 Å². The second-order valence-corrected chi connectivity index (χ2v) is 2.87. The molecule has 1 saturated heterocycles. The monoisotopic (exact) mass is 110 g/mol. The van der Waals surface area contributed by atoms with E-state index in [1.807, 2.05) is 0 Å². The van der Waals surface area contributed by atoms with Gasteiger partial charge in [-0.05, 0) is 19.8 Å². The first kappa shape index (κ1) is 4.57. The lowest BCUT2D eigenvalue weighted by molar-refractivity contribution is 0.0467. The largest absolute Gasteiger partial charge is 0.364 e. The Morgan fingerprint density at radius 1 is 1.75 bits per heavy atom. The Morgan fingerprint density at radius 2 is 2.62 bits per heavy atom. The van der Waals surface area contributed by atoms with Gasteiger partial charge in [0.1, 0.15) is 0 Å². The van der Waals surface area contributed by atoms with E-state index in [1.54, 1.807) is 0 Å². The summed E-state index contributed by atoms with van der Waals surface area (Å²) in [7, 11) is 0. The van der Waals surface area contributed by atoms with Crippen LogP contribution in [0, 0.1) is 0 Å². The number of hydrogen-bond acceptors (Lipinski definition) is 1. The van der Waals surface area contributed by atoms with Crippen molar-refractivity contribution in [3.05, 3.63) is 12.2 Å². The van der Waals surface area contributed by atoms with Gasteiger partial charge < -0.3 is 4.74 Å². The summed E-state index contributed by atoms with van der Waals surface area (Å²) in [6, 6.07) is 0. The van der Waals surface area contributed by atoms with E-state index in [9.17, 15) is 0 Å². The summed E-state index contributed by atoms with van der Waals surface area (Å²) >= 11 is 0. The molecule has 2 atom stereocenters. The van der Waals surface area contributed by atoms with Gasteiger partial charge in [0, 0.05) is 0 Å². The fraction of sp³-hybridized carbons (Fsp3) is 0.714. The third-order valence-electron chi connectivity index (χ3n) is 2.01. The van der Waals surface area contributed by atoms with Gasteiger partial charge in [0.25, 0.3) is 0 Å². The Balaban J connectivity index is 2.33. The standard InChI is InChI=1S/C7H10O/c1-7-4-2-6(8-7)3-5-7/h2,4,6H,3,5H2,1H3. The van der Waals surface area contributed by atoms with E-state index in [0.717, 1.165) is 0 Å². The molecule has 0 radical (unpaired) electrons. The second kappa shape index (κ2) is 1.16. The number of hydrogen-bond donors (Lipinski definition) is 0. The SMILES string of the molecule is CC12C=CC(CC1)O2. The Kier molecular flexibility index (Phi) is 0.662. The summed E-state index contributed by atoms with van der Waals surface area (Å²) in [5.41, 5.74) is 0.130. The zero-order chi connectivity index (χ0) is 5.61. The van der Waals surface area contributed by atoms with Gasteiger partial charge in [0.05, 0.1) is 11.7 Å². The van der Waals surface area contributed by atoms with Crippen LogP contribution in [0.1, 0.15) is 19.8 Å². The van der Waals surface area contributed by atoms with Crippen molar-refractivity contribution in [1.82, 2.24) is 0 Å². The van der Waals surface area contributed by atoms with Crippen molar-refractivity contribution >= 4 is 0 Å². The highest BCUT2D eigenvalue weighted by atomic mass is 16.5. The van der Waals surface area contributed by atoms with Crippen LogP contribution in [0.15, 0.2) is 12.2 Å². The van der Waals surface area contributed by atoms with Gasteiger partial charge in [-0.3, -0.25) is 0 Å². The van der Waals surface area contributed by atoms with Gasteiger partial charge in [-0.2, -0.15) is 0 Å². The fourth-order valence-electron chi connectivity index (χ4n) is 1.46. The number of fused-ring (bicyclic) bond motifs is 2. The molecule has 0 aromatic heterocycles. The molecule has 0 aliphatic carbocycles. The number of ether oxygens (including phenoxy) is 1. The average Bonchev–Trinajstić information content (AvgIpc) is 2.21. The van der Waals surface area contributed by atoms with Gasteiger partial charge in [-0.25, -0.2) is 0 Å². The predicted octanol–water partition coefficient (Wildman–Crippen LogP) is 1.49. The van der Waals surface area contributed by atoms with Gasteiger partial charge in [-0.15, -0.1) is 0 Å². The maximum Gasteiger partial charge on any atom is 0.0844 e. The lowest BCUT2D eigenvalue weighted by Crippen LogP contribution is -2.15. The van der Waals surface area contributed by atoms with Crippen molar-refractivity contribution < 1.29 is 4.74 Å². The molecule has 2 rings (SSSR count). The minimum atomic E-state index is 0.130. The van der Waals surface area contributed by atoms with Crippen LogP contribution in [0.4, 0.5) is 0 Å². The van der Waals surface area contributed by atoms with Gasteiger partial charge >= 0.3 is 0 Å². The molecule has 2 heterocycles. The minimum Gasteiger partial charge on any atom is -0.364 e. The zero-order valence-corrected chi connectivity index (χ0v) is 5.05. The van der Waals surface area contributed by atoms with E-state index in [1.165, 1.54) is 12.8 Å². The average molecular weight is 110 g/mol. The van der Waals surface area contributed by atoms with Crippen LogP contribution in [0.5, 0.6) is 0 Å². The molecular weight excluding hydrogens is 100 g/mol. The molecule has 1 heteroatoms. The first-order chi connectivity index (χ1) is 3.79. The Hall–Kier alpha value is -0.300. The maximum absolute atomic E-state index is 5.55. The van der Waals surface area contributed by atoms with E-state index in [4.69, 9.17) is 4.74 Å². The van der Waals surface area contributed by atoms with Crippen LogP contribution in [0.25, 0.3) is 0 Å². The van der Waals surface area contributed by atoms with Crippen LogP contribution in [-0.2, 0) is 4.74 Å². The van der Waals surface area contributed by atoms with Crippen LogP contribution in [0.3, 0.4) is 0 Å². The van der Waals surface area contributed by atoms with E-state index in [2.05, 4.69) is 19.1 Å². The topological polar surface area (TPSA) is 9.23 Å². The molecule has 0 amide bonds. The van der Waals surface area contributed by atoms with Crippen molar-refractivity contribution in [3.8, 4) is 0 Å². The summed E-state index contributed by atoms with van der Waals surface area (Å²) in [5, 5.41) is 0. The zero-order valence-electron chi connectivity index (χ0n) is 5.05. The molecule has 2 aliphatic rings. The Bertz CT molecular complexity index is 139. The van der Waals surface area contributed by atoms with Crippen LogP contribution >= 0.6 is 0 Å². The van der Waals surface area contributed by atoms with Crippen LogP contribution < -0.4 is 0 Å². The van der Waals surface area contributed by atoms with E-state index in [-0.39, 0.29) is 5.60 Å². The Labute approximate surface area is 49.3 Å². The molecular formula is C7H10O. The smallest absolute Gasteiger partial charge is 0.0844 e. The van der Waals surface area contributed by atoms with Crippen molar-refractivity contribution in [1.29, 1.82) is 0 Å². The lowest BCUT2D eigenvalue weighted by Gasteiger charge is -2.13. The summed E-state index contributed by atoms with van der Waals surface area (Å²) < 4.78 is 5.55. The van der Waals surface area contributed by atoms with E-state index < -0.39 is 0 Å². The fourth-order valence-corrected chi connectivity index (χ4v) is 1.46. The van der Waals surface area contributed by atoms with E-state index >= 15 is 0 Å². The van der Waals surface area contributed by atoms with Crippen molar-refractivity contribution in [2.24, 2.45) is 0 Å². The first-order valence-corrected chi connectivity index (χ1v) is 3.16. The molecule has 0 saturated carbocycles. The third kappa shape index (κ3) is 0.451. The van der Waals surface area contributed by atoms with Crippen molar-refractivity contribution in [3.63, 3.8) is 0 Å². The second-order valence-electron chi connectivity index (χ2n) is 2.87. The first-order valence-electron chi connectivity index (χ1n) is 3.16. The molecule has 0 aromatic carbocycles. The minimum absolute atomic E-state index is 0.130. The maximum atomic E-state index is 5.55. The number of rotatable bonds is 0. The van der Waals surface area contributed by atoms with E-state index in [0.29, 0.717) is 6.10 Å². The summed E-state index contributed by atoms with van der Waals surface area (Å²) in [6.07, 6.45) is 7.26. The van der Waals surface area contributed by atoms with Crippen LogP contribution in [0.2, 0.25) is 0 Å². The van der Waals surface area contributed by atoms with Crippen LogP contribution in [-0.4, -0.2) is 11.7 Å².